The molecular weight excluding hydrogens is 458 g/mol. The first-order chi connectivity index (χ1) is 16.1. The van der Waals surface area contributed by atoms with E-state index in [9.17, 15) is 4.79 Å². The number of ether oxygens (including phenoxy) is 2. The maximum atomic E-state index is 13.9. The largest absolute Gasteiger partial charge is 0.496 e. The number of benzene rings is 3. The average molecular weight is 482 g/mol. The van der Waals surface area contributed by atoms with Crippen molar-refractivity contribution < 1.29 is 14.3 Å². The average Bonchev–Trinajstić information content (AvgIpc) is 3.29. The van der Waals surface area contributed by atoms with E-state index in [1.54, 1.807) is 12.0 Å². The fourth-order valence-electron chi connectivity index (χ4n) is 4.07. The van der Waals surface area contributed by atoms with E-state index in [4.69, 9.17) is 26.1 Å². The fraction of sp³-hybridized carbons (Fsp3) is 0.280. The van der Waals surface area contributed by atoms with Gasteiger partial charge in [0.1, 0.15) is 11.3 Å². The lowest BCUT2D eigenvalue weighted by Crippen LogP contribution is -2.43. The van der Waals surface area contributed by atoms with Crippen LogP contribution in [0.25, 0.3) is 21.0 Å². The Morgan fingerprint density at radius 2 is 1.91 bits per heavy atom. The fourth-order valence-corrected chi connectivity index (χ4v) is 5.36. The van der Waals surface area contributed by atoms with Crippen molar-refractivity contribution in [3.8, 4) is 5.75 Å². The Balaban J connectivity index is 1.54. The first kappa shape index (κ1) is 22.1. The maximum absolute atomic E-state index is 13.9. The zero-order chi connectivity index (χ0) is 22.8. The molecule has 2 heterocycles. The van der Waals surface area contributed by atoms with Crippen LogP contribution < -0.4 is 9.64 Å². The topological polar surface area (TPSA) is 54.9 Å². The number of fused-ring (bicyclic) bond motifs is 2. The zero-order valence-corrected chi connectivity index (χ0v) is 19.9. The Morgan fingerprint density at radius 3 is 2.64 bits per heavy atom. The van der Waals surface area contributed by atoms with Crippen LogP contribution in [0.15, 0.2) is 54.6 Å². The molecule has 0 saturated carbocycles. The molecule has 1 aliphatic heterocycles. The van der Waals surface area contributed by atoms with E-state index in [0.717, 1.165) is 35.1 Å². The van der Waals surface area contributed by atoms with Crippen molar-refractivity contribution in [3.63, 3.8) is 0 Å². The Morgan fingerprint density at radius 1 is 1.15 bits per heavy atom. The van der Waals surface area contributed by atoms with Gasteiger partial charge in [-0.3, -0.25) is 14.6 Å². The van der Waals surface area contributed by atoms with Gasteiger partial charge in [0.15, 0.2) is 5.13 Å². The molecule has 0 unspecified atom stereocenters. The highest BCUT2D eigenvalue weighted by Crippen LogP contribution is 2.35. The van der Waals surface area contributed by atoms with E-state index in [0.29, 0.717) is 46.7 Å². The SMILES string of the molecule is COc1cc2ccccc2cc1C(=O)N(CCN1CCOCC1)c1nc2c(Cl)cccc2s1. The molecule has 170 valence electrons. The van der Waals surface area contributed by atoms with Crippen molar-refractivity contribution in [1.82, 2.24) is 9.88 Å². The quantitative estimate of drug-likeness (QED) is 0.384. The van der Waals surface area contributed by atoms with Crippen molar-refractivity contribution in [1.29, 1.82) is 0 Å². The Kier molecular flexibility index (Phi) is 6.46. The number of hydrogen-bond acceptors (Lipinski definition) is 6. The minimum Gasteiger partial charge on any atom is -0.496 e. The number of hydrogen-bond donors (Lipinski definition) is 0. The minimum atomic E-state index is -0.138. The summed E-state index contributed by atoms with van der Waals surface area (Å²) in [5, 5.41) is 3.23. The van der Waals surface area contributed by atoms with E-state index < -0.39 is 0 Å². The second-order valence-electron chi connectivity index (χ2n) is 7.89. The number of carbonyl (C=O) groups excluding carboxylic acids is 1. The summed E-state index contributed by atoms with van der Waals surface area (Å²) in [5.41, 5.74) is 1.23. The van der Waals surface area contributed by atoms with Gasteiger partial charge in [0.05, 0.1) is 35.6 Å². The predicted molar refractivity (Wildman–Crippen MR) is 134 cm³/mol. The highest BCUT2D eigenvalue weighted by atomic mass is 35.5. The molecule has 1 amide bonds. The number of thiazole rings is 1. The summed E-state index contributed by atoms with van der Waals surface area (Å²) in [5.74, 6) is 0.412. The van der Waals surface area contributed by atoms with Gasteiger partial charge in [-0.05, 0) is 35.0 Å². The zero-order valence-electron chi connectivity index (χ0n) is 18.3. The molecule has 1 saturated heterocycles. The summed E-state index contributed by atoms with van der Waals surface area (Å²) in [7, 11) is 1.59. The highest BCUT2D eigenvalue weighted by Gasteiger charge is 2.26. The van der Waals surface area contributed by atoms with Crippen LogP contribution in [-0.2, 0) is 4.74 Å². The van der Waals surface area contributed by atoms with Gasteiger partial charge in [0.25, 0.3) is 5.91 Å². The molecule has 8 heteroatoms. The Bertz CT molecular complexity index is 1300. The number of amides is 1. The smallest absolute Gasteiger partial charge is 0.263 e. The van der Waals surface area contributed by atoms with Gasteiger partial charge in [-0.15, -0.1) is 0 Å². The summed E-state index contributed by atoms with van der Waals surface area (Å²) >= 11 is 7.85. The highest BCUT2D eigenvalue weighted by molar-refractivity contribution is 7.22. The second kappa shape index (κ2) is 9.65. The maximum Gasteiger partial charge on any atom is 0.263 e. The van der Waals surface area contributed by atoms with Crippen LogP contribution in [0.3, 0.4) is 0 Å². The molecule has 1 aromatic heterocycles. The van der Waals surface area contributed by atoms with Crippen LogP contribution in [0.4, 0.5) is 5.13 Å². The molecule has 6 nitrogen and oxygen atoms in total. The van der Waals surface area contributed by atoms with Gasteiger partial charge in [-0.25, -0.2) is 4.98 Å². The number of carbonyl (C=O) groups is 1. The van der Waals surface area contributed by atoms with Crippen LogP contribution in [-0.4, -0.2) is 62.3 Å². The van der Waals surface area contributed by atoms with Crippen LogP contribution in [0.5, 0.6) is 5.75 Å². The summed E-state index contributed by atoms with van der Waals surface area (Å²) in [6, 6.07) is 17.5. The monoisotopic (exact) mass is 481 g/mol. The van der Waals surface area contributed by atoms with E-state index in [1.807, 2.05) is 54.6 Å². The van der Waals surface area contributed by atoms with Crippen molar-refractivity contribution in [3.05, 3.63) is 65.2 Å². The molecule has 4 aromatic rings. The third kappa shape index (κ3) is 4.54. The Hall–Kier alpha value is -2.71. The van der Waals surface area contributed by atoms with Crippen molar-refractivity contribution in [2.45, 2.75) is 0 Å². The van der Waals surface area contributed by atoms with E-state index in [2.05, 4.69) is 4.90 Å². The van der Waals surface area contributed by atoms with E-state index >= 15 is 0 Å². The number of anilines is 1. The summed E-state index contributed by atoms with van der Waals surface area (Å²) in [6.45, 7) is 4.37. The molecule has 0 bridgehead atoms. The predicted octanol–water partition coefficient (Wildman–Crippen LogP) is 5.09. The molecule has 33 heavy (non-hydrogen) atoms. The first-order valence-electron chi connectivity index (χ1n) is 10.9. The molecule has 0 spiro atoms. The molecule has 3 aromatic carbocycles. The van der Waals surface area contributed by atoms with Crippen LogP contribution in [0.1, 0.15) is 10.4 Å². The number of morpholine rings is 1. The van der Waals surface area contributed by atoms with Crippen molar-refractivity contribution in [2.24, 2.45) is 0 Å². The van der Waals surface area contributed by atoms with Crippen LogP contribution in [0, 0.1) is 0 Å². The normalized spacial score (nSPS) is 14.6. The van der Waals surface area contributed by atoms with Crippen molar-refractivity contribution in [2.75, 3.05) is 51.4 Å². The molecular formula is C25H24ClN3O3S. The van der Waals surface area contributed by atoms with Gasteiger partial charge in [0, 0.05) is 26.2 Å². The number of methoxy groups -OCH3 is 1. The molecule has 0 radical (unpaired) electrons. The number of halogens is 1. The summed E-state index contributed by atoms with van der Waals surface area (Å²) in [6.07, 6.45) is 0. The van der Waals surface area contributed by atoms with Crippen molar-refractivity contribution >= 4 is 55.0 Å². The molecule has 0 N–H and O–H groups in total. The molecule has 0 aliphatic carbocycles. The van der Waals surface area contributed by atoms with Gasteiger partial charge in [-0.1, -0.05) is 53.3 Å². The van der Waals surface area contributed by atoms with Crippen LogP contribution >= 0.6 is 22.9 Å². The number of aromatic nitrogens is 1. The number of rotatable bonds is 6. The Labute approximate surface area is 201 Å². The van der Waals surface area contributed by atoms with E-state index in [1.165, 1.54) is 11.3 Å². The lowest BCUT2D eigenvalue weighted by molar-refractivity contribution is 0.0391. The third-order valence-corrected chi connectivity index (χ3v) is 7.22. The molecule has 5 rings (SSSR count). The van der Waals surface area contributed by atoms with Gasteiger partial charge >= 0.3 is 0 Å². The first-order valence-corrected chi connectivity index (χ1v) is 12.1. The lowest BCUT2D eigenvalue weighted by atomic mass is 10.0. The standard InChI is InChI=1S/C25H24ClN3O3S/c1-31-21-16-18-6-3-2-5-17(18)15-19(21)24(30)29(10-9-28-11-13-32-14-12-28)25-27-23-20(26)7-4-8-22(23)33-25/h2-8,15-16H,9-14H2,1H3. The number of nitrogens with zero attached hydrogens (tertiary/aromatic N) is 3. The van der Waals surface area contributed by atoms with Gasteiger partial charge in [0.2, 0.25) is 0 Å². The second-order valence-corrected chi connectivity index (χ2v) is 9.31. The molecule has 1 aliphatic rings. The minimum absolute atomic E-state index is 0.138. The summed E-state index contributed by atoms with van der Waals surface area (Å²) < 4.78 is 12.0. The number of para-hydroxylation sites is 1. The lowest BCUT2D eigenvalue weighted by Gasteiger charge is -2.29. The van der Waals surface area contributed by atoms with Gasteiger partial charge in [-0.2, -0.15) is 0 Å². The van der Waals surface area contributed by atoms with Crippen LogP contribution in [0.2, 0.25) is 5.02 Å². The molecule has 0 atom stereocenters. The van der Waals surface area contributed by atoms with E-state index in [-0.39, 0.29) is 5.91 Å². The molecule has 1 fully saturated rings. The van der Waals surface area contributed by atoms with Gasteiger partial charge < -0.3 is 9.47 Å². The summed E-state index contributed by atoms with van der Waals surface area (Å²) in [4.78, 5) is 22.7. The third-order valence-electron chi connectivity index (χ3n) is 5.88.